The van der Waals surface area contributed by atoms with Gasteiger partial charge in [0.15, 0.2) is 5.17 Å². The fourth-order valence-electron chi connectivity index (χ4n) is 2.32. The van der Waals surface area contributed by atoms with Crippen LogP contribution in [-0.2, 0) is 0 Å². The molecule has 0 fully saturated rings. The zero-order chi connectivity index (χ0) is 14.5. The second-order valence-electron chi connectivity index (χ2n) is 5.67. The molecule has 1 heterocycles. The van der Waals surface area contributed by atoms with E-state index < -0.39 is 0 Å². The zero-order valence-corrected chi connectivity index (χ0v) is 13.5. The first-order valence-corrected chi connectivity index (χ1v) is 8.18. The first-order valence-electron chi connectivity index (χ1n) is 7.19. The number of nitrogens with zero attached hydrogens (tertiary/aromatic N) is 1. The van der Waals surface area contributed by atoms with Crippen molar-refractivity contribution in [2.75, 3.05) is 12.9 Å². The number of benzene rings is 1. The number of aliphatic imine (C=N–C) groups is 1. The maximum Gasteiger partial charge on any atom is 0.157 e. The maximum atomic E-state index is 5.19. The van der Waals surface area contributed by atoms with E-state index in [4.69, 9.17) is 9.73 Å². The molecule has 2 atom stereocenters. The minimum Gasteiger partial charge on any atom is -0.497 e. The number of ether oxygens (including phenoxy) is 1. The van der Waals surface area contributed by atoms with Crippen LogP contribution in [0.2, 0.25) is 0 Å². The molecule has 4 heteroatoms. The van der Waals surface area contributed by atoms with E-state index in [2.05, 4.69) is 38.2 Å². The van der Waals surface area contributed by atoms with Crippen LogP contribution >= 0.6 is 11.8 Å². The van der Waals surface area contributed by atoms with Crippen molar-refractivity contribution in [3.63, 3.8) is 0 Å². The van der Waals surface area contributed by atoms with E-state index in [-0.39, 0.29) is 6.04 Å². The summed E-state index contributed by atoms with van der Waals surface area (Å²) >= 11 is 1.84. The first kappa shape index (κ1) is 15.2. The number of nitrogens with one attached hydrogen (secondary N) is 1. The Bertz CT molecular complexity index is 456. The summed E-state index contributed by atoms with van der Waals surface area (Å²) in [5.41, 5.74) is 1.25. The number of methoxy groups -OCH3 is 1. The van der Waals surface area contributed by atoms with Gasteiger partial charge in [-0.2, -0.15) is 0 Å². The second kappa shape index (κ2) is 7.02. The van der Waals surface area contributed by atoms with Crippen LogP contribution in [0.5, 0.6) is 5.75 Å². The van der Waals surface area contributed by atoms with Crippen molar-refractivity contribution in [2.24, 2.45) is 10.9 Å². The molecule has 0 saturated carbocycles. The summed E-state index contributed by atoms with van der Waals surface area (Å²) < 4.78 is 5.19. The third-order valence-electron chi connectivity index (χ3n) is 3.41. The molecule has 0 aliphatic carbocycles. The quantitative estimate of drug-likeness (QED) is 0.894. The molecule has 20 heavy (non-hydrogen) atoms. The molecular weight excluding hydrogens is 268 g/mol. The Morgan fingerprint density at radius 1 is 1.30 bits per heavy atom. The highest BCUT2D eigenvalue weighted by molar-refractivity contribution is 8.14. The zero-order valence-electron chi connectivity index (χ0n) is 12.7. The largest absolute Gasteiger partial charge is 0.497 e. The Balaban J connectivity index is 1.92. The summed E-state index contributed by atoms with van der Waals surface area (Å²) in [6, 6.07) is 8.94. The Hall–Kier alpha value is -1.16. The van der Waals surface area contributed by atoms with Crippen LogP contribution in [-0.4, -0.2) is 24.1 Å². The molecule has 0 saturated heterocycles. The summed E-state index contributed by atoms with van der Waals surface area (Å²) in [5.74, 6) is 2.71. The topological polar surface area (TPSA) is 33.6 Å². The van der Waals surface area contributed by atoms with E-state index in [1.54, 1.807) is 7.11 Å². The van der Waals surface area contributed by atoms with Crippen LogP contribution in [0.15, 0.2) is 29.3 Å². The van der Waals surface area contributed by atoms with Crippen molar-refractivity contribution in [1.29, 1.82) is 0 Å². The van der Waals surface area contributed by atoms with Crippen molar-refractivity contribution >= 4 is 16.9 Å². The molecule has 1 aromatic rings. The lowest BCUT2D eigenvalue weighted by Gasteiger charge is -2.15. The summed E-state index contributed by atoms with van der Waals surface area (Å²) in [5, 5.41) is 4.59. The monoisotopic (exact) mass is 292 g/mol. The summed E-state index contributed by atoms with van der Waals surface area (Å²) in [6.45, 7) is 6.68. The van der Waals surface area contributed by atoms with Gasteiger partial charge in [0.1, 0.15) is 5.75 Å². The number of amidine groups is 1. The van der Waals surface area contributed by atoms with E-state index in [9.17, 15) is 0 Å². The van der Waals surface area contributed by atoms with Gasteiger partial charge in [0.2, 0.25) is 0 Å². The predicted molar refractivity (Wildman–Crippen MR) is 87.7 cm³/mol. The molecule has 0 spiro atoms. The smallest absolute Gasteiger partial charge is 0.157 e. The van der Waals surface area contributed by atoms with Crippen molar-refractivity contribution in [3.8, 4) is 5.75 Å². The predicted octanol–water partition coefficient (Wildman–Crippen LogP) is 3.86. The fourth-order valence-corrected chi connectivity index (χ4v) is 3.37. The highest BCUT2D eigenvalue weighted by atomic mass is 32.2. The molecule has 1 aliphatic heterocycles. The average Bonchev–Trinajstić information content (AvgIpc) is 2.85. The molecule has 1 aliphatic rings. The lowest BCUT2D eigenvalue weighted by Crippen LogP contribution is -2.23. The number of rotatable bonds is 5. The van der Waals surface area contributed by atoms with Crippen molar-refractivity contribution < 1.29 is 4.74 Å². The highest BCUT2D eigenvalue weighted by Gasteiger charge is 2.20. The van der Waals surface area contributed by atoms with E-state index in [0.717, 1.165) is 16.7 Å². The van der Waals surface area contributed by atoms with Crippen molar-refractivity contribution in [1.82, 2.24) is 5.32 Å². The van der Waals surface area contributed by atoms with Crippen LogP contribution in [0.3, 0.4) is 0 Å². The maximum absolute atomic E-state index is 5.19. The van der Waals surface area contributed by atoms with Gasteiger partial charge in [-0.3, -0.25) is 4.99 Å². The van der Waals surface area contributed by atoms with Gasteiger partial charge >= 0.3 is 0 Å². The van der Waals surface area contributed by atoms with Crippen LogP contribution in [0.25, 0.3) is 0 Å². The van der Waals surface area contributed by atoms with Gasteiger partial charge in [-0.1, -0.05) is 37.7 Å². The molecule has 2 rings (SSSR count). The van der Waals surface area contributed by atoms with Gasteiger partial charge in [-0.05, 0) is 37.0 Å². The Morgan fingerprint density at radius 3 is 2.60 bits per heavy atom. The summed E-state index contributed by atoms with van der Waals surface area (Å²) in [6.07, 6.45) is 1.18. The third-order valence-corrected chi connectivity index (χ3v) is 4.46. The molecule has 0 amide bonds. The molecule has 1 aromatic carbocycles. The standard InChI is InChI=1S/C16H24N2OS/c1-11(2)9-14-10-20-16(18-14)17-12(3)13-5-7-15(19-4)8-6-13/h5-8,11-12,14H,9-10H2,1-4H3,(H,17,18). The van der Waals surface area contributed by atoms with Gasteiger partial charge in [-0.25, -0.2) is 0 Å². The number of thioether (sulfide) groups is 1. The molecule has 0 aromatic heterocycles. The molecule has 1 N–H and O–H groups in total. The number of hydrogen-bond donors (Lipinski definition) is 1. The van der Waals surface area contributed by atoms with Gasteiger partial charge in [0.05, 0.1) is 19.2 Å². The minimum atomic E-state index is 0.268. The van der Waals surface area contributed by atoms with Crippen LogP contribution in [0.1, 0.15) is 38.8 Å². The first-order chi connectivity index (χ1) is 9.58. The fraction of sp³-hybridized carbons (Fsp3) is 0.562. The lowest BCUT2D eigenvalue weighted by molar-refractivity contribution is 0.414. The Kier molecular flexibility index (Phi) is 5.35. The molecule has 110 valence electrons. The van der Waals surface area contributed by atoms with Crippen molar-refractivity contribution in [3.05, 3.63) is 29.8 Å². The van der Waals surface area contributed by atoms with Gasteiger partial charge in [0, 0.05) is 5.75 Å². The summed E-state index contributed by atoms with van der Waals surface area (Å²) in [4.78, 5) is 4.77. The molecule has 3 nitrogen and oxygen atoms in total. The summed E-state index contributed by atoms with van der Waals surface area (Å²) in [7, 11) is 1.69. The SMILES string of the molecule is COc1ccc(C(C)NC2=NC(CC(C)C)CS2)cc1. The highest BCUT2D eigenvalue weighted by Crippen LogP contribution is 2.24. The van der Waals surface area contributed by atoms with E-state index in [0.29, 0.717) is 12.0 Å². The lowest BCUT2D eigenvalue weighted by atomic mass is 10.1. The Labute approximate surface area is 126 Å². The Morgan fingerprint density at radius 2 is 2.00 bits per heavy atom. The molecule has 0 bridgehead atoms. The van der Waals surface area contributed by atoms with Gasteiger partial charge < -0.3 is 10.1 Å². The molecule has 0 radical (unpaired) electrons. The van der Waals surface area contributed by atoms with E-state index >= 15 is 0 Å². The number of hydrogen-bond acceptors (Lipinski definition) is 4. The van der Waals surface area contributed by atoms with Gasteiger partial charge in [0.25, 0.3) is 0 Å². The molecular formula is C16H24N2OS. The molecule has 2 unspecified atom stereocenters. The third kappa shape index (κ3) is 4.17. The van der Waals surface area contributed by atoms with Crippen LogP contribution in [0.4, 0.5) is 0 Å². The van der Waals surface area contributed by atoms with E-state index in [1.807, 2.05) is 23.9 Å². The van der Waals surface area contributed by atoms with Crippen molar-refractivity contribution in [2.45, 2.75) is 39.3 Å². The van der Waals surface area contributed by atoms with Crippen LogP contribution < -0.4 is 10.1 Å². The minimum absolute atomic E-state index is 0.268. The van der Waals surface area contributed by atoms with Gasteiger partial charge in [-0.15, -0.1) is 0 Å². The second-order valence-corrected chi connectivity index (χ2v) is 6.68. The van der Waals surface area contributed by atoms with Crippen LogP contribution in [0, 0.1) is 5.92 Å². The van der Waals surface area contributed by atoms with E-state index in [1.165, 1.54) is 12.0 Å². The average molecular weight is 292 g/mol. The normalized spacial score (nSPS) is 19.9.